The Morgan fingerprint density at radius 1 is 0.875 bits per heavy atom. The first kappa shape index (κ1) is 25.9. The van der Waals surface area contributed by atoms with Crippen molar-refractivity contribution in [3.63, 3.8) is 0 Å². The lowest BCUT2D eigenvalue weighted by molar-refractivity contribution is 0.102. The molecule has 1 aliphatic rings. The van der Waals surface area contributed by atoms with Crippen molar-refractivity contribution in [2.24, 2.45) is 0 Å². The molecule has 8 nitrogen and oxygen atoms in total. The Balaban J connectivity index is 1.40. The number of pyridine rings is 1. The van der Waals surface area contributed by atoms with Crippen LogP contribution in [0.4, 0.5) is 5.69 Å². The smallest absolute Gasteiger partial charge is 0.256 e. The highest BCUT2D eigenvalue weighted by Gasteiger charge is 2.27. The van der Waals surface area contributed by atoms with Crippen molar-refractivity contribution >= 4 is 32.7 Å². The zero-order chi connectivity index (χ0) is 27.9. The fourth-order valence-corrected chi connectivity index (χ4v) is 6.59. The maximum atomic E-state index is 13.7. The minimum Gasteiger partial charge on any atom is -0.322 e. The van der Waals surface area contributed by atoms with Crippen molar-refractivity contribution in [1.29, 1.82) is 0 Å². The van der Waals surface area contributed by atoms with Crippen LogP contribution < -0.4 is 5.32 Å². The molecule has 40 heavy (non-hydrogen) atoms. The minimum absolute atomic E-state index is 0.222. The van der Waals surface area contributed by atoms with Crippen molar-refractivity contribution in [1.82, 2.24) is 19.1 Å². The van der Waals surface area contributed by atoms with E-state index in [1.807, 2.05) is 68.4 Å². The highest BCUT2D eigenvalue weighted by Crippen LogP contribution is 2.30. The molecular formula is C31H29N5O3S. The molecule has 1 fully saturated rings. The SMILES string of the molecule is Cc1ccc(-n2nc(C)c3c(C(=O)Nc4ccc(S(=O)(=O)N5CCCC5)cc4)cc(-c4ccccc4)nc32)cc1. The van der Waals surface area contributed by atoms with Gasteiger partial charge in [0, 0.05) is 24.3 Å². The van der Waals surface area contributed by atoms with Gasteiger partial charge in [0.05, 0.1) is 32.9 Å². The van der Waals surface area contributed by atoms with Crippen molar-refractivity contribution in [2.45, 2.75) is 31.6 Å². The molecular weight excluding hydrogens is 522 g/mol. The van der Waals surface area contributed by atoms with Gasteiger partial charge in [-0.3, -0.25) is 4.79 Å². The predicted octanol–water partition coefficient (Wildman–Crippen LogP) is 5.74. The summed E-state index contributed by atoms with van der Waals surface area (Å²) < 4.78 is 29.1. The number of hydrogen-bond donors (Lipinski definition) is 1. The third-order valence-electron chi connectivity index (χ3n) is 7.22. The van der Waals surface area contributed by atoms with E-state index < -0.39 is 10.0 Å². The van der Waals surface area contributed by atoms with Crippen LogP contribution in [0.25, 0.3) is 28.0 Å². The van der Waals surface area contributed by atoms with E-state index in [-0.39, 0.29) is 10.8 Å². The van der Waals surface area contributed by atoms with E-state index in [9.17, 15) is 13.2 Å². The van der Waals surface area contributed by atoms with Gasteiger partial charge in [0.25, 0.3) is 5.91 Å². The van der Waals surface area contributed by atoms with Crippen LogP contribution in [-0.4, -0.2) is 46.5 Å². The molecule has 0 saturated carbocycles. The largest absolute Gasteiger partial charge is 0.322 e. The first-order valence-electron chi connectivity index (χ1n) is 13.3. The number of hydrogen-bond acceptors (Lipinski definition) is 5. The molecule has 0 aliphatic carbocycles. The maximum absolute atomic E-state index is 13.7. The van der Waals surface area contributed by atoms with Crippen LogP contribution in [0, 0.1) is 13.8 Å². The number of benzene rings is 3. The maximum Gasteiger partial charge on any atom is 0.256 e. The van der Waals surface area contributed by atoms with Crippen molar-refractivity contribution < 1.29 is 13.2 Å². The lowest BCUT2D eigenvalue weighted by Gasteiger charge is -2.16. The van der Waals surface area contributed by atoms with Crippen molar-refractivity contribution in [3.05, 3.63) is 102 Å². The fraction of sp³-hybridized carbons (Fsp3) is 0.194. The topological polar surface area (TPSA) is 97.2 Å². The van der Waals surface area contributed by atoms with Crippen molar-refractivity contribution in [2.75, 3.05) is 18.4 Å². The highest BCUT2D eigenvalue weighted by atomic mass is 32.2. The Morgan fingerprint density at radius 2 is 1.55 bits per heavy atom. The molecule has 0 radical (unpaired) electrons. The molecule has 0 spiro atoms. The number of rotatable bonds is 6. The summed E-state index contributed by atoms with van der Waals surface area (Å²) in [5.74, 6) is -0.328. The summed E-state index contributed by atoms with van der Waals surface area (Å²) in [7, 11) is -3.53. The molecule has 6 rings (SSSR count). The summed E-state index contributed by atoms with van der Waals surface area (Å²) in [4.78, 5) is 18.9. The van der Waals surface area contributed by atoms with E-state index in [4.69, 9.17) is 10.1 Å². The molecule has 0 bridgehead atoms. The van der Waals surface area contributed by atoms with E-state index in [2.05, 4.69) is 5.32 Å². The first-order chi connectivity index (χ1) is 19.3. The van der Waals surface area contributed by atoms with Gasteiger partial charge in [0.15, 0.2) is 5.65 Å². The fourth-order valence-electron chi connectivity index (χ4n) is 5.08. The summed E-state index contributed by atoms with van der Waals surface area (Å²) in [6.45, 7) is 4.97. The Kier molecular flexibility index (Phi) is 6.69. The van der Waals surface area contributed by atoms with Crippen LogP contribution in [0.5, 0.6) is 0 Å². The third-order valence-corrected chi connectivity index (χ3v) is 9.13. The minimum atomic E-state index is -3.53. The average Bonchev–Trinajstić information content (AvgIpc) is 3.63. The second-order valence-electron chi connectivity index (χ2n) is 10.0. The Labute approximate surface area is 233 Å². The molecule has 2 aromatic heterocycles. The third kappa shape index (κ3) is 4.78. The van der Waals surface area contributed by atoms with E-state index in [0.29, 0.717) is 46.8 Å². The summed E-state index contributed by atoms with van der Waals surface area (Å²) >= 11 is 0. The van der Waals surface area contributed by atoms with Crippen LogP contribution in [-0.2, 0) is 10.0 Å². The number of nitrogens with one attached hydrogen (secondary N) is 1. The summed E-state index contributed by atoms with van der Waals surface area (Å²) in [6, 6.07) is 25.8. The van der Waals surface area contributed by atoms with Gasteiger partial charge in [-0.05, 0) is 69.2 Å². The van der Waals surface area contributed by atoms with E-state index in [0.717, 1.165) is 29.7 Å². The van der Waals surface area contributed by atoms with Crippen LogP contribution in [0.2, 0.25) is 0 Å². The predicted molar refractivity (Wildman–Crippen MR) is 156 cm³/mol. The van der Waals surface area contributed by atoms with Gasteiger partial charge in [0.2, 0.25) is 10.0 Å². The molecule has 1 amide bonds. The quantitative estimate of drug-likeness (QED) is 0.290. The summed E-state index contributed by atoms with van der Waals surface area (Å²) in [6.07, 6.45) is 1.75. The number of aromatic nitrogens is 3. The average molecular weight is 552 g/mol. The van der Waals surface area contributed by atoms with Crippen LogP contribution in [0.1, 0.15) is 34.5 Å². The molecule has 1 saturated heterocycles. The number of fused-ring (bicyclic) bond motifs is 1. The van der Waals surface area contributed by atoms with Crippen LogP contribution in [0.3, 0.4) is 0 Å². The van der Waals surface area contributed by atoms with Crippen molar-refractivity contribution in [3.8, 4) is 16.9 Å². The number of sulfonamides is 1. The van der Waals surface area contributed by atoms with Gasteiger partial charge in [-0.25, -0.2) is 18.1 Å². The Morgan fingerprint density at radius 3 is 2.23 bits per heavy atom. The Bertz CT molecular complexity index is 1810. The molecule has 1 N–H and O–H groups in total. The number of amides is 1. The van der Waals surface area contributed by atoms with Gasteiger partial charge in [-0.15, -0.1) is 0 Å². The zero-order valence-electron chi connectivity index (χ0n) is 22.3. The number of carbonyl (C=O) groups is 1. The molecule has 0 unspecified atom stereocenters. The highest BCUT2D eigenvalue weighted by molar-refractivity contribution is 7.89. The van der Waals surface area contributed by atoms with E-state index in [1.54, 1.807) is 35.0 Å². The number of anilines is 1. The van der Waals surface area contributed by atoms with E-state index >= 15 is 0 Å². The molecule has 0 atom stereocenters. The molecule has 5 aromatic rings. The lowest BCUT2D eigenvalue weighted by atomic mass is 10.0. The molecule has 3 heterocycles. The Hall–Kier alpha value is -4.34. The number of aryl methyl sites for hydroxylation is 2. The number of nitrogens with zero attached hydrogens (tertiary/aromatic N) is 4. The van der Waals surface area contributed by atoms with Gasteiger partial charge in [0.1, 0.15) is 0 Å². The first-order valence-corrected chi connectivity index (χ1v) is 14.7. The monoisotopic (exact) mass is 551 g/mol. The standard InChI is InChI=1S/C31H29N5O3S/c1-21-10-14-25(15-11-21)36-30-29(22(2)34-36)27(20-28(33-30)23-8-4-3-5-9-23)31(37)32-24-12-16-26(17-13-24)40(38,39)35-18-6-7-19-35/h3-5,8-17,20H,6-7,18-19H2,1-2H3,(H,32,37). The normalized spacial score (nSPS) is 14.1. The molecule has 9 heteroatoms. The van der Waals surface area contributed by atoms with Crippen LogP contribution in [0.15, 0.2) is 89.8 Å². The summed E-state index contributed by atoms with van der Waals surface area (Å²) in [5, 5.41) is 8.36. The van der Waals surface area contributed by atoms with Gasteiger partial charge >= 0.3 is 0 Å². The number of carbonyl (C=O) groups excluding carboxylic acids is 1. The zero-order valence-corrected chi connectivity index (χ0v) is 23.1. The van der Waals surface area contributed by atoms with Gasteiger partial charge < -0.3 is 5.32 Å². The molecule has 1 aliphatic heterocycles. The summed E-state index contributed by atoms with van der Waals surface area (Å²) in [5.41, 5.74) is 5.72. The second kappa shape index (κ2) is 10.3. The van der Waals surface area contributed by atoms with E-state index in [1.165, 1.54) is 4.31 Å². The second-order valence-corrected chi connectivity index (χ2v) is 12.0. The molecule has 3 aromatic carbocycles. The molecule has 202 valence electrons. The van der Waals surface area contributed by atoms with Crippen LogP contribution >= 0.6 is 0 Å². The van der Waals surface area contributed by atoms with Gasteiger partial charge in [-0.2, -0.15) is 9.40 Å². The van der Waals surface area contributed by atoms with Gasteiger partial charge in [-0.1, -0.05) is 48.0 Å². The lowest BCUT2D eigenvalue weighted by Crippen LogP contribution is -2.27.